The number of hydrogen-bond donors (Lipinski definition) is 1. The van der Waals surface area contributed by atoms with E-state index < -0.39 is 0 Å². The van der Waals surface area contributed by atoms with Crippen LogP contribution in [0.15, 0.2) is 61.2 Å². The first-order chi connectivity index (χ1) is 14.2. The van der Waals surface area contributed by atoms with Crippen LogP contribution in [0.2, 0.25) is 0 Å². The molecule has 2 aromatic carbocycles. The minimum Gasteiger partial charge on any atom is -0.368 e. The number of aromatic nitrogens is 3. The van der Waals surface area contributed by atoms with E-state index in [-0.39, 0.29) is 5.91 Å². The van der Waals surface area contributed by atoms with Crippen LogP contribution >= 0.6 is 0 Å². The van der Waals surface area contributed by atoms with Crippen molar-refractivity contribution in [3.63, 3.8) is 0 Å². The fourth-order valence-electron chi connectivity index (χ4n) is 3.88. The van der Waals surface area contributed by atoms with E-state index in [1.165, 1.54) is 17.6 Å². The Morgan fingerprint density at radius 1 is 1.14 bits per heavy atom. The van der Waals surface area contributed by atoms with Gasteiger partial charge in [-0.2, -0.15) is 5.10 Å². The molecule has 6 heteroatoms. The first kappa shape index (κ1) is 19.2. The molecule has 150 valence electrons. The van der Waals surface area contributed by atoms with Gasteiger partial charge in [-0.1, -0.05) is 42.5 Å². The van der Waals surface area contributed by atoms with Gasteiger partial charge in [0.15, 0.2) is 0 Å². The summed E-state index contributed by atoms with van der Waals surface area (Å²) in [7, 11) is 0. The van der Waals surface area contributed by atoms with Crippen molar-refractivity contribution < 1.29 is 4.79 Å². The average molecular weight is 390 g/mol. The molecule has 0 saturated heterocycles. The number of nitrogens with one attached hydrogen (secondary N) is 1. The topological polar surface area (TPSA) is 63.1 Å². The van der Waals surface area contributed by atoms with Crippen molar-refractivity contribution in [1.29, 1.82) is 0 Å². The largest absolute Gasteiger partial charge is 0.368 e. The Balaban J connectivity index is 1.26. The quantitative estimate of drug-likeness (QED) is 0.674. The lowest BCUT2D eigenvalue weighted by Crippen LogP contribution is -2.39. The molecule has 3 aromatic rings. The lowest BCUT2D eigenvalue weighted by Gasteiger charge is -2.37. The van der Waals surface area contributed by atoms with Gasteiger partial charge in [-0.3, -0.25) is 4.79 Å². The van der Waals surface area contributed by atoms with Gasteiger partial charge in [0.05, 0.1) is 6.54 Å². The second-order valence-electron chi connectivity index (χ2n) is 7.65. The minimum absolute atomic E-state index is 0.0898. The maximum absolute atomic E-state index is 12.4. The molecule has 2 heterocycles. The number of carbonyl (C=O) groups is 1. The molecule has 0 fully saturated rings. The molecule has 0 bridgehead atoms. The Bertz CT molecular complexity index is 936. The SMILES string of the molecule is CC1CCc2ccccc2N1CCC(=O)NCc1ccc(Cn2cncn2)cc1. The number of hydrogen-bond acceptors (Lipinski definition) is 4. The summed E-state index contributed by atoms with van der Waals surface area (Å²) in [6, 6.07) is 17.2. The molecule has 1 aliphatic heterocycles. The van der Waals surface area contributed by atoms with Gasteiger partial charge in [0.2, 0.25) is 5.91 Å². The predicted molar refractivity (Wildman–Crippen MR) is 114 cm³/mol. The first-order valence-electron chi connectivity index (χ1n) is 10.2. The molecule has 1 amide bonds. The molecule has 29 heavy (non-hydrogen) atoms. The third-order valence-electron chi connectivity index (χ3n) is 5.57. The van der Waals surface area contributed by atoms with Crippen LogP contribution in [0.25, 0.3) is 0 Å². The second kappa shape index (κ2) is 8.90. The summed E-state index contributed by atoms with van der Waals surface area (Å²) in [4.78, 5) is 18.7. The van der Waals surface area contributed by atoms with Crippen LogP contribution in [0.3, 0.4) is 0 Å². The zero-order valence-corrected chi connectivity index (χ0v) is 16.8. The second-order valence-corrected chi connectivity index (χ2v) is 7.65. The van der Waals surface area contributed by atoms with Gasteiger partial charge in [-0.25, -0.2) is 9.67 Å². The number of benzene rings is 2. The van der Waals surface area contributed by atoms with Crippen molar-refractivity contribution in [2.75, 3.05) is 11.4 Å². The van der Waals surface area contributed by atoms with E-state index in [9.17, 15) is 4.79 Å². The third-order valence-corrected chi connectivity index (χ3v) is 5.57. The molecule has 0 radical (unpaired) electrons. The highest BCUT2D eigenvalue weighted by Gasteiger charge is 2.22. The van der Waals surface area contributed by atoms with Gasteiger partial charge >= 0.3 is 0 Å². The monoisotopic (exact) mass is 389 g/mol. The van der Waals surface area contributed by atoms with E-state index in [0.29, 0.717) is 25.6 Å². The molecule has 4 rings (SSSR count). The Morgan fingerprint density at radius 3 is 2.72 bits per heavy atom. The summed E-state index contributed by atoms with van der Waals surface area (Å²) >= 11 is 0. The molecule has 0 spiro atoms. The normalized spacial score (nSPS) is 15.8. The number of amides is 1. The lowest BCUT2D eigenvalue weighted by atomic mass is 9.96. The van der Waals surface area contributed by atoms with Crippen molar-refractivity contribution in [1.82, 2.24) is 20.1 Å². The molecule has 1 unspecified atom stereocenters. The number of anilines is 1. The van der Waals surface area contributed by atoms with Crippen molar-refractivity contribution in [3.8, 4) is 0 Å². The molecule has 6 nitrogen and oxygen atoms in total. The number of fused-ring (bicyclic) bond motifs is 1. The number of aryl methyl sites for hydroxylation is 1. The standard InChI is InChI=1S/C23H27N5O/c1-18-6-11-21-4-2-3-5-22(21)28(18)13-12-23(29)25-14-19-7-9-20(10-8-19)15-27-17-24-16-26-27/h2-5,7-10,16-18H,6,11-15H2,1H3,(H,25,29). The van der Waals surface area contributed by atoms with E-state index in [4.69, 9.17) is 0 Å². The number of nitrogens with zero attached hydrogens (tertiary/aromatic N) is 4. The molecule has 0 aliphatic carbocycles. The summed E-state index contributed by atoms with van der Waals surface area (Å²) in [6.07, 6.45) is 6.00. The molecular formula is C23H27N5O. The van der Waals surface area contributed by atoms with Crippen molar-refractivity contribution in [2.24, 2.45) is 0 Å². The molecule has 1 aliphatic rings. The fourth-order valence-corrected chi connectivity index (χ4v) is 3.88. The van der Waals surface area contributed by atoms with Crippen LogP contribution in [0.1, 0.15) is 36.5 Å². The van der Waals surface area contributed by atoms with Crippen LogP contribution in [-0.4, -0.2) is 33.3 Å². The summed E-state index contributed by atoms with van der Waals surface area (Å²) in [5.74, 6) is 0.0898. The van der Waals surface area contributed by atoms with Crippen LogP contribution in [0.5, 0.6) is 0 Å². The summed E-state index contributed by atoms with van der Waals surface area (Å²) < 4.78 is 1.79. The van der Waals surface area contributed by atoms with E-state index in [1.54, 1.807) is 11.0 Å². The maximum atomic E-state index is 12.4. The van der Waals surface area contributed by atoms with Crippen LogP contribution in [0.4, 0.5) is 5.69 Å². The Morgan fingerprint density at radius 2 is 1.93 bits per heavy atom. The first-order valence-corrected chi connectivity index (χ1v) is 10.2. The van der Waals surface area contributed by atoms with Gasteiger partial charge in [-0.15, -0.1) is 0 Å². The van der Waals surface area contributed by atoms with Crippen LogP contribution in [-0.2, 0) is 24.3 Å². The highest BCUT2D eigenvalue weighted by molar-refractivity contribution is 5.76. The van der Waals surface area contributed by atoms with Crippen molar-refractivity contribution in [2.45, 2.75) is 45.3 Å². The molecular weight excluding hydrogens is 362 g/mol. The van der Waals surface area contributed by atoms with Gasteiger partial charge < -0.3 is 10.2 Å². The molecule has 1 N–H and O–H groups in total. The number of rotatable bonds is 7. The Kier molecular flexibility index (Phi) is 5.89. The maximum Gasteiger partial charge on any atom is 0.222 e. The van der Waals surface area contributed by atoms with E-state index in [2.05, 4.69) is 75.8 Å². The highest BCUT2D eigenvalue weighted by atomic mass is 16.1. The minimum atomic E-state index is 0.0898. The fraction of sp³-hybridized carbons (Fsp3) is 0.348. The smallest absolute Gasteiger partial charge is 0.222 e. The Labute approximate surface area is 171 Å². The third kappa shape index (κ3) is 4.83. The lowest BCUT2D eigenvalue weighted by molar-refractivity contribution is -0.121. The number of carbonyl (C=O) groups excluding carboxylic acids is 1. The van der Waals surface area contributed by atoms with Gasteiger partial charge in [0, 0.05) is 31.2 Å². The summed E-state index contributed by atoms with van der Waals surface area (Å²) in [5.41, 5.74) is 4.92. The zero-order chi connectivity index (χ0) is 20.1. The van der Waals surface area contributed by atoms with E-state index >= 15 is 0 Å². The highest BCUT2D eigenvalue weighted by Crippen LogP contribution is 2.30. The predicted octanol–water partition coefficient (Wildman–Crippen LogP) is 3.17. The van der Waals surface area contributed by atoms with Crippen molar-refractivity contribution >= 4 is 11.6 Å². The van der Waals surface area contributed by atoms with Crippen molar-refractivity contribution in [3.05, 3.63) is 77.9 Å². The summed E-state index contributed by atoms with van der Waals surface area (Å²) in [5, 5.41) is 7.17. The zero-order valence-electron chi connectivity index (χ0n) is 16.8. The molecule has 1 aromatic heterocycles. The van der Waals surface area contributed by atoms with E-state index in [0.717, 1.165) is 30.5 Å². The molecule has 1 atom stereocenters. The van der Waals surface area contributed by atoms with Crippen LogP contribution < -0.4 is 10.2 Å². The molecule has 0 saturated carbocycles. The van der Waals surface area contributed by atoms with Gasteiger partial charge in [0.1, 0.15) is 12.7 Å². The number of para-hydroxylation sites is 1. The van der Waals surface area contributed by atoms with Gasteiger partial charge in [0.25, 0.3) is 0 Å². The van der Waals surface area contributed by atoms with E-state index in [1.807, 2.05) is 0 Å². The average Bonchev–Trinajstić information content (AvgIpc) is 3.25. The Hall–Kier alpha value is -3.15. The van der Waals surface area contributed by atoms with Gasteiger partial charge in [-0.05, 0) is 42.5 Å². The summed E-state index contributed by atoms with van der Waals surface area (Å²) in [6.45, 7) is 4.24. The van der Waals surface area contributed by atoms with Crippen LogP contribution in [0, 0.1) is 0 Å².